The molecule has 0 aromatic carbocycles. The van der Waals surface area contributed by atoms with E-state index in [1.54, 1.807) is 0 Å². The zero-order chi connectivity index (χ0) is 11.1. The maximum Gasteiger partial charge on any atom is 0.181 e. The first-order valence-corrected chi connectivity index (χ1v) is 5.53. The summed E-state index contributed by atoms with van der Waals surface area (Å²) in [5.74, 6) is 0.937. The van der Waals surface area contributed by atoms with E-state index in [9.17, 15) is 0 Å². The van der Waals surface area contributed by atoms with E-state index in [0.717, 1.165) is 37.5 Å². The van der Waals surface area contributed by atoms with Gasteiger partial charge in [-0.2, -0.15) is 0 Å². The molecule has 0 atom stereocenters. The third-order valence-corrected chi connectivity index (χ3v) is 2.21. The van der Waals surface area contributed by atoms with Crippen molar-refractivity contribution in [3.8, 4) is 0 Å². The van der Waals surface area contributed by atoms with Gasteiger partial charge in [0.25, 0.3) is 0 Å². The first-order valence-electron chi connectivity index (χ1n) is 5.53. The van der Waals surface area contributed by atoms with E-state index < -0.39 is 0 Å². The molecule has 15 heavy (non-hydrogen) atoms. The average molecular weight is 211 g/mol. The van der Waals surface area contributed by atoms with Crippen molar-refractivity contribution in [2.75, 3.05) is 13.1 Å². The van der Waals surface area contributed by atoms with Gasteiger partial charge in [0.1, 0.15) is 5.76 Å². The van der Waals surface area contributed by atoms with Gasteiger partial charge in [0.05, 0.1) is 12.2 Å². The third kappa shape index (κ3) is 4.95. The van der Waals surface area contributed by atoms with E-state index in [4.69, 9.17) is 4.42 Å². The van der Waals surface area contributed by atoms with Gasteiger partial charge in [-0.15, -0.1) is 0 Å². The predicted octanol–water partition coefficient (Wildman–Crippen LogP) is 1.46. The summed E-state index contributed by atoms with van der Waals surface area (Å²) in [4.78, 5) is 4.04. The zero-order valence-electron chi connectivity index (χ0n) is 9.84. The van der Waals surface area contributed by atoms with Gasteiger partial charge in [-0.1, -0.05) is 13.8 Å². The van der Waals surface area contributed by atoms with Gasteiger partial charge >= 0.3 is 0 Å². The molecule has 1 rings (SSSR count). The van der Waals surface area contributed by atoms with Crippen molar-refractivity contribution in [2.45, 2.75) is 39.8 Å². The number of rotatable bonds is 7. The lowest BCUT2D eigenvalue weighted by molar-refractivity contribution is 0.470. The number of nitrogens with zero attached hydrogens (tertiary/aromatic N) is 1. The number of oxazole rings is 1. The van der Waals surface area contributed by atoms with E-state index in [1.807, 2.05) is 6.92 Å². The molecule has 0 spiro atoms. The minimum atomic E-state index is 0.571. The van der Waals surface area contributed by atoms with E-state index in [0.29, 0.717) is 6.04 Å². The van der Waals surface area contributed by atoms with Crippen molar-refractivity contribution < 1.29 is 4.42 Å². The van der Waals surface area contributed by atoms with Crippen LogP contribution in [0.2, 0.25) is 0 Å². The molecule has 0 saturated heterocycles. The molecule has 86 valence electrons. The van der Waals surface area contributed by atoms with Crippen LogP contribution in [-0.2, 0) is 6.54 Å². The zero-order valence-corrected chi connectivity index (χ0v) is 9.84. The minimum Gasteiger partial charge on any atom is -0.447 e. The molecule has 1 aromatic heterocycles. The van der Waals surface area contributed by atoms with E-state index in [1.165, 1.54) is 6.39 Å². The highest BCUT2D eigenvalue weighted by Gasteiger charge is 2.01. The Morgan fingerprint density at radius 2 is 2.20 bits per heavy atom. The summed E-state index contributed by atoms with van der Waals surface area (Å²) in [5.41, 5.74) is 0.975. The van der Waals surface area contributed by atoms with Crippen LogP contribution >= 0.6 is 0 Å². The van der Waals surface area contributed by atoms with Crippen molar-refractivity contribution in [3.05, 3.63) is 17.8 Å². The molecule has 0 amide bonds. The number of aromatic nitrogens is 1. The topological polar surface area (TPSA) is 50.1 Å². The summed E-state index contributed by atoms with van der Waals surface area (Å²) in [6, 6.07) is 0.571. The lowest BCUT2D eigenvalue weighted by atomic mass is 10.3. The van der Waals surface area contributed by atoms with Gasteiger partial charge in [-0.05, 0) is 26.4 Å². The smallest absolute Gasteiger partial charge is 0.181 e. The number of hydrogen-bond acceptors (Lipinski definition) is 4. The number of hydrogen-bond donors (Lipinski definition) is 2. The maximum atomic E-state index is 5.22. The van der Waals surface area contributed by atoms with Gasteiger partial charge < -0.3 is 15.1 Å². The summed E-state index contributed by atoms with van der Waals surface area (Å²) >= 11 is 0. The molecule has 1 heterocycles. The van der Waals surface area contributed by atoms with Crippen molar-refractivity contribution in [2.24, 2.45) is 0 Å². The molecule has 4 heteroatoms. The fourth-order valence-electron chi connectivity index (χ4n) is 1.30. The molecule has 4 nitrogen and oxygen atoms in total. The normalized spacial score (nSPS) is 11.2. The van der Waals surface area contributed by atoms with Crippen LogP contribution in [0.1, 0.15) is 31.7 Å². The van der Waals surface area contributed by atoms with Crippen molar-refractivity contribution in [1.82, 2.24) is 15.6 Å². The quantitative estimate of drug-likeness (QED) is 0.670. The van der Waals surface area contributed by atoms with Gasteiger partial charge in [0.2, 0.25) is 0 Å². The fraction of sp³-hybridized carbons (Fsp3) is 0.727. The Kier molecular flexibility index (Phi) is 5.36. The Bertz CT molecular complexity index is 271. The average Bonchev–Trinajstić information content (AvgIpc) is 2.57. The van der Waals surface area contributed by atoms with Crippen LogP contribution in [-0.4, -0.2) is 24.1 Å². The molecule has 0 aliphatic rings. The highest BCUT2D eigenvalue weighted by atomic mass is 16.3. The third-order valence-electron chi connectivity index (χ3n) is 2.21. The minimum absolute atomic E-state index is 0.571. The van der Waals surface area contributed by atoms with Crippen LogP contribution in [0.5, 0.6) is 0 Å². The Morgan fingerprint density at radius 3 is 2.80 bits per heavy atom. The Labute approximate surface area is 91.5 Å². The van der Waals surface area contributed by atoms with E-state index in [-0.39, 0.29) is 0 Å². The Balaban J connectivity index is 2.00. The fourth-order valence-corrected chi connectivity index (χ4v) is 1.30. The summed E-state index contributed by atoms with van der Waals surface area (Å²) < 4.78 is 5.22. The lowest BCUT2D eigenvalue weighted by Crippen LogP contribution is -2.26. The summed E-state index contributed by atoms with van der Waals surface area (Å²) in [6.45, 7) is 9.10. The first kappa shape index (κ1) is 12.2. The molecule has 2 N–H and O–H groups in total. The lowest BCUT2D eigenvalue weighted by Gasteiger charge is -2.07. The molecule has 1 aromatic rings. The second kappa shape index (κ2) is 6.58. The largest absolute Gasteiger partial charge is 0.447 e. The van der Waals surface area contributed by atoms with Crippen molar-refractivity contribution in [1.29, 1.82) is 0 Å². The van der Waals surface area contributed by atoms with Crippen LogP contribution in [0.3, 0.4) is 0 Å². The molecule has 0 aliphatic carbocycles. The Hall–Kier alpha value is -0.870. The highest BCUT2D eigenvalue weighted by Crippen LogP contribution is 2.03. The second-order valence-corrected chi connectivity index (χ2v) is 4.00. The summed E-state index contributed by atoms with van der Waals surface area (Å²) in [5, 5.41) is 6.70. The first-order chi connectivity index (χ1) is 7.20. The van der Waals surface area contributed by atoms with Gasteiger partial charge in [0, 0.05) is 6.04 Å². The van der Waals surface area contributed by atoms with E-state index in [2.05, 4.69) is 29.5 Å². The van der Waals surface area contributed by atoms with Gasteiger partial charge in [-0.3, -0.25) is 0 Å². The van der Waals surface area contributed by atoms with Crippen LogP contribution in [0.4, 0.5) is 0 Å². The SMILES string of the molecule is Cc1ncoc1CNCCCNC(C)C. The van der Waals surface area contributed by atoms with E-state index >= 15 is 0 Å². The van der Waals surface area contributed by atoms with Gasteiger partial charge in [-0.25, -0.2) is 4.98 Å². The standard InChI is InChI=1S/C11H21N3O/c1-9(2)13-6-4-5-12-7-11-10(3)14-8-15-11/h8-9,12-13H,4-7H2,1-3H3. The molecular formula is C11H21N3O. The molecule has 0 fully saturated rings. The molecule has 0 aliphatic heterocycles. The second-order valence-electron chi connectivity index (χ2n) is 4.00. The van der Waals surface area contributed by atoms with Crippen molar-refractivity contribution in [3.63, 3.8) is 0 Å². The number of nitrogens with one attached hydrogen (secondary N) is 2. The van der Waals surface area contributed by atoms with Crippen LogP contribution in [0.25, 0.3) is 0 Å². The molecule has 0 radical (unpaired) electrons. The molecule has 0 unspecified atom stereocenters. The van der Waals surface area contributed by atoms with Crippen LogP contribution < -0.4 is 10.6 Å². The van der Waals surface area contributed by atoms with Crippen molar-refractivity contribution >= 4 is 0 Å². The molecular weight excluding hydrogens is 190 g/mol. The van der Waals surface area contributed by atoms with Gasteiger partial charge in [0.15, 0.2) is 6.39 Å². The molecule has 0 bridgehead atoms. The summed E-state index contributed by atoms with van der Waals surface area (Å²) in [7, 11) is 0. The van der Waals surface area contributed by atoms with Crippen LogP contribution in [0, 0.1) is 6.92 Å². The Morgan fingerprint density at radius 1 is 1.40 bits per heavy atom. The predicted molar refractivity (Wildman–Crippen MR) is 60.7 cm³/mol. The molecule has 0 saturated carbocycles. The monoisotopic (exact) mass is 211 g/mol. The maximum absolute atomic E-state index is 5.22. The number of aryl methyl sites for hydroxylation is 1. The summed E-state index contributed by atoms with van der Waals surface area (Å²) in [6.07, 6.45) is 2.62. The highest BCUT2D eigenvalue weighted by molar-refractivity contribution is 5.03. The van der Waals surface area contributed by atoms with Crippen LogP contribution in [0.15, 0.2) is 10.8 Å².